The molecule has 1 amide bonds. The van der Waals surface area contributed by atoms with Crippen molar-refractivity contribution in [2.24, 2.45) is 5.92 Å². The van der Waals surface area contributed by atoms with Crippen LogP contribution in [0, 0.1) is 12.8 Å². The number of benzene rings is 2. The van der Waals surface area contributed by atoms with E-state index in [1.54, 1.807) is 75.0 Å². The third-order valence-electron chi connectivity index (χ3n) is 9.23. The van der Waals surface area contributed by atoms with E-state index >= 15 is 0 Å². The number of phenolic OH excluding ortho intramolecular Hbond substituents is 1. The lowest BCUT2D eigenvalue weighted by atomic mass is 9.86. The quantitative estimate of drug-likeness (QED) is 0.161. The zero-order valence-corrected chi connectivity index (χ0v) is 29.7. The summed E-state index contributed by atoms with van der Waals surface area (Å²) in [5.74, 6) is 0.863. The van der Waals surface area contributed by atoms with Crippen LogP contribution in [0.4, 0.5) is 10.5 Å². The Morgan fingerprint density at radius 2 is 1.78 bits per heavy atom. The zero-order valence-electron chi connectivity index (χ0n) is 27.4. The Balaban J connectivity index is 1.24. The molecule has 258 valence electrons. The van der Waals surface area contributed by atoms with Gasteiger partial charge < -0.3 is 24.1 Å². The third kappa shape index (κ3) is 7.75. The number of methoxy groups -OCH3 is 2. The smallest absolute Gasteiger partial charge is 0.414 e. The van der Waals surface area contributed by atoms with Crippen molar-refractivity contribution in [3.8, 4) is 17.2 Å². The van der Waals surface area contributed by atoms with Crippen molar-refractivity contribution >= 4 is 52.3 Å². The molecule has 2 aromatic heterocycles. The zero-order chi connectivity index (χ0) is 34.7. The minimum absolute atomic E-state index is 0.0753. The molecule has 2 aromatic carbocycles. The number of hydrogen-bond acceptors (Lipinski definition) is 9. The number of thiophene rings is 1. The standard InChI is InChI=1S/C36H37Cl2N3O7S/c1-21-28(5-4-6-29(21)42)41(36(44)48-33-20-40-13-11-22(33)12-14-40)19-24-8-10-34(49-24)35(43)47-31(16-25-26(37)17-39-18-27(25)38)23-7-9-30(45-2)32(15-23)46-3/h4-10,15,17-18,22,31,33,42H,11-14,16,19-20H2,1-3H3/p+1/t31-,33-/m0/s1. The number of hydrogen-bond donors (Lipinski definition) is 1. The summed E-state index contributed by atoms with van der Waals surface area (Å²) < 4.78 is 23.1. The maximum Gasteiger partial charge on any atom is 0.414 e. The highest BCUT2D eigenvalue weighted by Gasteiger charge is 2.38. The van der Waals surface area contributed by atoms with E-state index in [0.29, 0.717) is 54.7 Å². The molecule has 3 saturated heterocycles. The number of amides is 1. The maximum absolute atomic E-state index is 13.8. The summed E-state index contributed by atoms with van der Waals surface area (Å²) in [7, 11) is 3.08. The number of fused-ring (bicyclic) bond motifs is 3. The highest BCUT2D eigenvalue weighted by Crippen LogP contribution is 2.37. The average Bonchev–Trinajstić information content (AvgIpc) is 3.59. The van der Waals surface area contributed by atoms with Gasteiger partial charge in [-0.2, -0.15) is 0 Å². The fourth-order valence-corrected chi connectivity index (χ4v) is 7.85. The minimum Gasteiger partial charge on any atom is -0.508 e. The van der Waals surface area contributed by atoms with E-state index in [1.807, 2.05) is 0 Å². The molecule has 13 heteroatoms. The van der Waals surface area contributed by atoms with E-state index in [1.165, 1.54) is 23.3 Å². The number of phenols is 1. The monoisotopic (exact) mass is 726 g/mol. The lowest BCUT2D eigenvalue weighted by Crippen LogP contribution is -2.53. The number of ether oxygens (including phenoxy) is 4. The van der Waals surface area contributed by atoms with E-state index < -0.39 is 18.2 Å². The van der Waals surface area contributed by atoms with Crippen molar-refractivity contribution in [1.82, 2.24) is 4.90 Å². The minimum atomic E-state index is -0.779. The SMILES string of the molecule is COc1ccc([C@H](Cc2c(Cl)c[nH+]cc2Cl)OC(=O)c2ccc(CN(C(=O)O[C@H]3CN4CCC3CC4)c3cccc(O)c3C)s2)cc1OC. The van der Waals surface area contributed by atoms with Crippen LogP contribution in [0.5, 0.6) is 17.2 Å². The predicted octanol–water partition coefficient (Wildman–Crippen LogP) is 7.28. The Morgan fingerprint density at radius 1 is 1.04 bits per heavy atom. The molecule has 3 fully saturated rings. The second kappa shape index (κ2) is 15.2. The molecule has 3 aliphatic rings. The number of nitrogens with zero attached hydrogens (tertiary/aromatic N) is 2. The fraction of sp³-hybridized carbons (Fsp3) is 0.361. The van der Waals surface area contributed by atoms with Crippen LogP contribution in [-0.4, -0.2) is 62.0 Å². The van der Waals surface area contributed by atoms with E-state index in [0.717, 1.165) is 37.4 Å². The van der Waals surface area contributed by atoms with Crippen LogP contribution in [0.1, 0.15) is 50.2 Å². The molecule has 0 radical (unpaired) electrons. The first kappa shape index (κ1) is 34.8. The van der Waals surface area contributed by atoms with Crippen molar-refractivity contribution in [2.75, 3.05) is 38.8 Å². The Hall–Kier alpha value is -4.03. The van der Waals surface area contributed by atoms with Crippen molar-refractivity contribution in [3.05, 3.63) is 97.4 Å². The molecule has 0 aliphatic carbocycles. The Labute approximate surface area is 299 Å². The van der Waals surface area contributed by atoms with E-state index in [9.17, 15) is 14.7 Å². The molecular formula is C36H38Cl2N3O7S+. The summed E-state index contributed by atoms with van der Waals surface area (Å²) in [4.78, 5) is 35.3. The number of aromatic hydroxyl groups is 1. The van der Waals surface area contributed by atoms with Gasteiger partial charge in [0.2, 0.25) is 0 Å². The van der Waals surface area contributed by atoms with Gasteiger partial charge in [0.1, 0.15) is 32.9 Å². The number of carbonyl (C=O) groups is 2. The van der Waals surface area contributed by atoms with Crippen LogP contribution in [-0.2, 0) is 22.4 Å². The first-order valence-corrected chi connectivity index (χ1v) is 17.6. The number of pyridine rings is 1. The first-order chi connectivity index (χ1) is 23.6. The summed E-state index contributed by atoms with van der Waals surface area (Å²) in [5.41, 5.74) is 2.35. The van der Waals surface area contributed by atoms with Crippen LogP contribution in [0.25, 0.3) is 0 Å². The molecule has 4 aromatic rings. The fourth-order valence-electron chi connectivity index (χ4n) is 6.44. The molecule has 0 spiro atoms. The molecule has 0 unspecified atom stereocenters. The maximum atomic E-state index is 13.8. The number of H-pyrrole nitrogens is 1. The van der Waals surface area contributed by atoms with Gasteiger partial charge in [-0.25, -0.2) is 14.6 Å². The molecule has 2 N–H and O–H groups in total. The van der Waals surface area contributed by atoms with Crippen LogP contribution < -0.4 is 19.4 Å². The number of rotatable bonds is 11. The van der Waals surface area contributed by atoms with Gasteiger partial charge >= 0.3 is 12.1 Å². The molecule has 7 rings (SSSR count). The summed E-state index contributed by atoms with van der Waals surface area (Å²) in [6.45, 7) is 4.66. The highest BCUT2D eigenvalue weighted by molar-refractivity contribution is 7.14. The summed E-state index contributed by atoms with van der Waals surface area (Å²) >= 11 is 14.2. The van der Waals surface area contributed by atoms with Gasteiger partial charge in [-0.1, -0.05) is 35.3 Å². The van der Waals surface area contributed by atoms with Crippen LogP contribution >= 0.6 is 34.5 Å². The average molecular weight is 728 g/mol. The molecule has 0 saturated carbocycles. The Morgan fingerprint density at radius 3 is 2.45 bits per heavy atom. The van der Waals surface area contributed by atoms with E-state index in [4.69, 9.17) is 42.1 Å². The van der Waals surface area contributed by atoms with Gasteiger partial charge in [-0.15, -0.1) is 11.3 Å². The van der Waals surface area contributed by atoms with Crippen molar-refractivity contribution in [1.29, 1.82) is 0 Å². The largest absolute Gasteiger partial charge is 0.508 e. The number of piperidine rings is 3. The number of nitrogens with one attached hydrogen (secondary N) is 1. The highest BCUT2D eigenvalue weighted by atomic mass is 35.5. The lowest BCUT2D eigenvalue weighted by molar-refractivity contribution is -0.377. The molecule has 49 heavy (non-hydrogen) atoms. The molecule has 2 bridgehead atoms. The summed E-state index contributed by atoms with van der Waals surface area (Å²) in [6, 6.07) is 13.8. The van der Waals surface area contributed by atoms with Crippen molar-refractivity contribution < 1.29 is 38.6 Å². The number of carbonyl (C=O) groups excluding carboxylic acids is 2. The normalized spacial score (nSPS) is 18.8. The second-order valence-electron chi connectivity index (χ2n) is 12.2. The number of esters is 1. The summed E-state index contributed by atoms with van der Waals surface area (Å²) in [5, 5.41) is 11.3. The molecule has 10 nitrogen and oxygen atoms in total. The van der Waals surface area contributed by atoms with Gasteiger partial charge in [0.25, 0.3) is 0 Å². The van der Waals surface area contributed by atoms with Gasteiger partial charge in [-0.05, 0) is 80.7 Å². The number of aromatic nitrogens is 1. The number of aromatic amines is 1. The predicted molar refractivity (Wildman–Crippen MR) is 187 cm³/mol. The number of anilines is 1. The van der Waals surface area contributed by atoms with Crippen molar-refractivity contribution in [2.45, 2.75) is 44.9 Å². The van der Waals surface area contributed by atoms with Gasteiger partial charge in [0, 0.05) is 29.0 Å². The van der Waals surface area contributed by atoms with E-state index in [-0.39, 0.29) is 24.8 Å². The van der Waals surface area contributed by atoms with Crippen LogP contribution in [0.3, 0.4) is 0 Å². The Kier molecular flexibility index (Phi) is 10.8. The van der Waals surface area contributed by atoms with Gasteiger partial charge in [-0.3, -0.25) is 9.80 Å². The topological polar surface area (TPSA) is 112 Å². The van der Waals surface area contributed by atoms with Crippen LogP contribution in [0.2, 0.25) is 10.0 Å². The van der Waals surface area contributed by atoms with Crippen LogP contribution in [0.15, 0.2) is 60.9 Å². The molecule has 2 atom stereocenters. The third-order valence-corrected chi connectivity index (χ3v) is 11.0. The Bertz CT molecular complexity index is 1810. The summed E-state index contributed by atoms with van der Waals surface area (Å²) in [6.07, 6.45) is 3.97. The molecule has 3 aliphatic heterocycles. The second-order valence-corrected chi connectivity index (χ2v) is 14.2. The number of halogens is 2. The van der Waals surface area contributed by atoms with Crippen molar-refractivity contribution in [3.63, 3.8) is 0 Å². The molecular weight excluding hydrogens is 689 g/mol. The van der Waals surface area contributed by atoms with Gasteiger partial charge in [0.15, 0.2) is 23.9 Å². The van der Waals surface area contributed by atoms with Gasteiger partial charge in [0.05, 0.1) is 26.5 Å². The first-order valence-electron chi connectivity index (χ1n) is 16.0. The lowest BCUT2D eigenvalue weighted by Gasteiger charge is -2.44. The molecule has 5 heterocycles. The van der Waals surface area contributed by atoms with E-state index in [2.05, 4.69) is 9.88 Å².